The van der Waals surface area contributed by atoms with Gasteiger partial charge in [-0.1, -0.05) is 6.92 Å². The van der Waals surface area contributed by atoms with Crippen LogP contribution < -0.4 is 15.4 Å². The summed E-state index contributed by atoms with van der Waals surface area (Å²) in [6.45, 7) is 2.03. The largest absolute Gasteiger partial charge is 0.497 e. The summed E-state index contributed by atoms with van der Waals surface area (Å²) in [6, 6.07) is 5.11. The highest BCUT2D eigenvalue weighted by Gasteiger charge is 2.11. The summed E-state index contributed by atoms with van der Waals surface area (Å²) in [4.78, 5) is 25.1. The second-order valence-corrected chi connectivity index (χ2v) is 4.60. The van der Waals surface area contributed by atoms with Crippen molar-refractivity contribution in [1.82, 2.24) is 4.90 Å². The Bertz CT molecular complexity index is 487. The fraction of sp³-hybridized carbons (Fsp3) is 0.429. The number of ether oxygens (including phenoxy) is 1. The van der Waals surface area contributed by atoms with E-state index in [1.54, 1.807) is 37.1 Å². The van der Waals surface area contributed by atoms with Crippen molar-refractivity contribution in [1.29, 1.82) is 0 Å². The van der Waals surface area contributed by atoms with Gasteiger partial charge in [0.25, 0.3) is 0 Å². The molecule has 1 aromatic carbocycles. The van der Waals surface area contributed by atoms with Crippen molar-refractivity contribution in [2.75, 3.05) is 38.4 Å². The molecule has 20 heavy (non-hydrogen) atoms. The molecule has 0 aliphatic heterocycles. The van der Waals surface area contributed by atoms with Gasteiger partial charge in [0.05, 0.1) is 25.0 Å². The third kappa shape index (κ3) is 4.89. The third-order valence-electron chi connectivity index (χ3n) is 2.56. The molecule has 0 aliphatic carbocycles. The molecule has 0 saturated carbocycles. The Morgan fingerprint density at radius 1 is 1.15 bits per heavy atom. The number of nitrogens with zero attached hydrogens (tertiary/aromatic N) is 1. The van der Waals surface area contributed by atoms with Crippen molar-refractivity contribution >= 4 is 23.2 Å². The summed E-state index contributed by atoms with van der Waals surface area (Å²) in [5.74, 6) is 0.341. The fourth-order valence-corrected chi connectivity index (χ4v) is 1.58. The SMILES string of the molecule is CCC(=O)Nc1ccc(OC)cc1NC(=O)CN(C)C. The first-order chi connectivity index (χ1) is 9.46. The first-order valence-corrected chi connectivity index (χ1v) is 6.38. The molecule has 6 nitrogen and oxygen atoms in total. The van der Waals surface area contributed by atoms with Crippen LogP contribution in [0.3, 0.4) is 0 Å². The van der Waals surface area contributed by atoms with E-state index in [2.05, 4.69) is 10.6 Å². The second kappa shape index (κ2) is 7.49. The van der Waals surface area contributed by atoms with Gasteiger partial charge in [0.2, 0.25) is 11.8 Å². The molecule has 6 heteroatoms. The van der Waals surface area contributed by atoms with Crippen molar-refractivity contribution in [2.45, 2.75) is 13.3 Å². The smallest absolute Gasteiger partial charge is 0.238 e. The maximum Gasteiger partial charge on any atom is 0.238 e. The van der Waals surface area contributed by atoms with Crippen LogP contribution in [0, 0.1) is 0 Å². The van der Waals surface area contributed by atoms with Gasteiger partial charge < -0.3 is 20.3 Å². The number of rotatable bonds is 6. The zero-order chi connectivity index (χ0) is 15.1. The van der Waals surface area contributed by atoms with Gasteiger partial charge in [0.1, 0.15) is 5.75 Å². The highest BCUT2D eigenvalue weighted by atomic mass is 16.5. The first-order valence-electron chi connectivity index (χ1n) is 6.38. The summed E-state index contributed by atoms with van der Waals surface area (Å²) in [6.07, 6.45) is 0.372. The molecule has 1 rings (SSSR count). The Morgan fingerprint density at radius 3 is 2.35 bits per heavy atom. The molecule has 2 N–H and O–H groups in total. The number of likely N-dealkylation sites (N-methyl/N-ethyl adjacent to an activating group) is 1. The van der Waals surface area contributed by atoms with E-state index in [0.29, 0.717) is 23.5 Å². The lowest BCUT2D eigenvalue weighted by molar-refractivity contribution is -0.117. The Morgan fingerprint density at radius 2 is 1.80 bits per heavy atom. The van der Waals surface area contributed by atoms with E-state index in [-0.39, 0.29) is 18.4 Å². The molecule has 110 valence electrons. The highest BCUT2D eigenvalue weighted by Crippen LogP contribution is 2.27. The predicted octanol–water partition coefficient (Wildman–Crippen LogP) is 1.54. The monoisotopic (exact) mass is 279 g/mol. The summed E-state index contributed by atoms with van der Waals surface area (Å²) < 4.78 is 5.13. The number of methoxy groups -OCH3 is 1. The van der Waals surface area contributed by atoms with Crippen molar-refractivity contribution in [3.05, 3.63) is 18.2 Å². The maximum absolute atomic E-state index is 11.8. The second-order valence-electron chi connectivity index (χ2n) is 4.60. The van der Waals surface area contributed by atoms with Gasteiger partial charge in [-0.15, -0.1) is 0 Å². The standard InChI is InChI=1S/C14H21N3O3/c1-5-13(18)15-11-7-6-10(20-4)8-12(11)16-14(19)9-17(2)3/h6-8H,5,9H2,1-4H3,(H,15,18)(H,16,19). The number of carbonyl (C=O) groups excluding carboxylic acids is 2. The Balaban J connectivity index is 2.94. The van der Waals surface area contributed by atoms with Gasteiger partial charge in [0.15, 0.2) is 0 Å². The van der Waals surface area contributed by atoms with Crippen LogP contribution >= 0.6 is 0 Å². The van der Waals surface area contributed by atoms with Crippen molar-refractivity contribution in [3.63, 3.8) is 0 Å². The molecule has 0 unspecified atom stereocenters. The molecule has 0 atom stereocenters. The minimum atomic E-state index is -0.157. The number of hydrogen-bond donors (Lipinski definition) is 2. The lowest BCUT2D eigenvalue weighted by Crippen LogP contribution is -2.27. The average molecular weight is 279 g/mol. The van der Waals surface area contributed by atoms with Crippen LogP contribution in [0.2, 0.25) is 0 Å². The molecule has 0 radical (unpaired) electrons. The number of nitrogens with one attached hydrogen (secondary N) is 2. The van der Waals surface area contributed by atoms with E-state index in [1.807, 2.05) is 14.1 Å². The van der Waals surface area contributed by atoms with Crippen LogP contribution in [0.4, 0.5) is 11.4 Å². The quantitative estimate of drug-likeness (QED) is 0.828. The van der Waals surface area contributed by atoms with Crippen LogP contribution in [0.15, 0.2) is 18.2 Å². The van der Waals surface area contributed by atoms with Crippen LogP contribution in [-0.2, 0) is 9.59 Å². The zero-order valence-corrected chi connectivity index (χ0v) is 12.3. The molecule has 0 heterocycles. The van der Waals surface area contributed by atoms with Gasteiger partial charge >= 0.3 is 0 Å². The Labute approximate surface area is 119 Å². The van der Waals surface area contributed by atoms with Crippen LogP contribution in [-0.4, -0.2) is 44.5 Å². The minimum Gasteiger partial charge on any atom is -0.497 e. The van der Waals surface area contributed by atoms with E-state index < -0.39 is 0 Å². The number of hydrogen-bond acceptors (Lipinski definition) is 4. The average Bonchev–Trinajstić information content (AvgIpc) is 2.39. The van der Waals surface area contributed by atoms with Gasteiger partial charge in [-0.05, 0) is 26.2 Å². The van der Waals surface area contributed by atoms with E-state index >= 15 is 0 Å². The normalized spacial score (nSPS) is 10.2. The number of anilines is 2. The minimum absolute atomic E-state index is 0.113. The van der Waals surface area contributed by atoms with Gasteiger partial charge in [-0.25, -0.2) is 0 Å². The van der Waals surface area contributed by atoms with Gasteiger partial charge in [0, 0.05) is 12.5 Å². The van der Waals surface area contributed by atoms with E-state index in [1.165, 1.54) is 0 Å². The Hall–Kier alpha value is -2.08. The molecule has 0 aromatic heterocycles. The lowest BCUT2D eigenvalue weighted by atomic mass is 10.2. The molecule has 0 fully saturated rings. The summed E-state index contributed by atoms with van der Waals surface area (Å²) >= 11 is 0. The zero-order valence-electron chi connectivity index (χ0n) is 12.3. The topological polar surface area (TPSA) is 70.7 Å². The molecule has 0 saturated heterocycles. The van der Waals surface area contributed by atoms with E-state index in [9.17, 15) is 9.59 Å². The van der Waals surface area contributed by atoms with Crippen molar-refractivity contribution < 1.29 is 14.3 Å². The predicted molar refractivity (Wildman–Crippen MR) is 79.1 cm³/mol. The maximum atomic E-state index is 11.8. The molecule has 1 aromatic rings. The molecule has 0 bridgehead atoms. The first kappa shape index (κ1) is 16.0. The van der Waals surface area contributed by atoms with Gasteiger partial charge in [-0.3, -0.25) is 9.59 Å². The molecular formula is C14H21N3O3. The van der Waals surface area contributed by atoms with E-state index in [4.69, 9.17) is 4.74 Å². The number of carbonyl (C=O) groups is 2. The summed E-state index contributed by atoms with van der Waals surface area (Å²) in [7, 11) is 5.17. The number of benzene rings is 1. The molecule has 0 spiro atoms. The summed E-state index contributed by atoms with van der Waals surface area (Å²) in [5.41, 5.74) is 1.09. The molecule has 2 amide bonds. The highest BCUT2D eigenvalue weighted by molar-refractivity contribution is 6.00. The number of amides is 2. The van der Waals surface area contributed by atoms with Gasteiger partial charge in [-0.2, -0.15) is 0 Å². The van der Waals surface area contributed by atoms with Crippen molar-refractivity contribution in [3.8, 4) is 5.75 Å². The van der Waals surface area contributed by atoms with Crippen LogP contribution in [0.25, 0.3) is 0 Å². The fourth-order valence-electron chi connectivity index (χ4n) is 1.58. The molecular weight excluding hydrogens is 258 g/mol. The van der Waals surface area contributed by atoms with E-state index in [0.717, 1.165) is 0 Å². The van der Waals surface area contributed by atoms with Crippen LogP contribution in [0.1, 0.15) is 13.3 Å². The summed E-state index contributed by atoms with van der Waals surface area (Å²) in [5, 5.41) is 5.52. The lowest BCUT2D eigenvalue weighted by Gasteiger charge is -2.15. The van der Waals surface area contributed by atoms with Crippen LogP contribution in [0.5, 0.6) is 5.75 Å². The third-order valence-corrected chi connectivity index (χ3v) is 2.56. The van der Waals surface area contributed by atoms with Crippen molar-refractivity contribution in [2.24, 2.45) is 0 Å². The Kier molecular flexibility index (Phi) is 5.99. The molecule has 0 aliphatic rings.